The van der Waals surface area contributed by atoms with Gasteiger partial charge in [0.05, 0.1) is 5.41 Å². The number of anilines is 3. The summed E-state index contributed by atoms with van der Waals surface area (Å²) in [7, 11) is 0. The molecule has 1 atom stereocenters. The zero-order valence-electron chi connectivity index (χ0n) is 41.0. The van der Waals surface area contributed by atoms with Crippen molar-refractivity contribution in [3.8, 4) is 77.9 Å². The number of rotatable bonds is 8. The average molecular weight is 930 g/mol. The molecule has 344 valence electrons. The van der Waals surface area contributed by atoms with Crippen LogP contribution in [0, 0.1) is 0 Å². The molecule has 73 heavy (non-hydrogen) atoms. The van der Waals surface area contributed by atoms with Gasteiger partial charge < -0.3 is 4.90 Å². The lowest BCUT2D eigenvalue weighted by atomic mass is 9.70. The van der Waals surface area contributed by atoms with Crippen LogP contribution in [0.5, 0.6) is 0 Å². The van der Waals surface area contributed by atoms with Crippen LogP contribution in [0.2, 0.25) is 0 Å². The van der Waals surface area contributed by atoms with Crippen molar-refractivity contribution >= 4 is 23.1 Å². The lowest BCUT2D eigenvalue weighted by molar-refractivity contribution is 0.660. The maximum atomic E-state index is 4.01. The molecule has 0 aliphatic heterocycles. The number of nitrogens with zero attached hydrogens (tertiary/aromatic N) is 1. The van der Waals surface area contributed by atoms with Crippen LogP contribution in [0.3, 0.4) is 0 Å². The highest BCUT2D eigenvalue weighted by atomic mass is 15.1. The van der Waals surface area contributed by atoms with Gasteiger partial charge >= 0.3 is 0 Å². The van der Waals surface area contributed by atoms with Crippen LogP contribution >= 0.6 is 0 Å². The molecule has 1 heteroatoms. The lowest BCUT2D eigenvalue weighted by Gasteiger charge is -2.31. The molecule has 11 aromatic carbocycles. The molecule has 1 spiro atoms. The molecule has 0 amide bonds. The van der Waals surface area contributed by atoms with Crippen LogP contribution in [-0.2, 0) is 10.8 Å². The van der Waals surface area contributed by atoms with Crippen molar-refractivity contribution in [1.82, 2.24) is 0 Å². The van der Waals surface area contributed by atoms with Crippen LogP contribution in [0.4, 0.5) is 17.1 Å². The Morgan fingerprint density at radius 2 is 0.699 bits per heavy atom. The number of fused-ring (bicyclic) bond motifs is 13. The molecule has 0 bridgehead atoms. The van der Waals surface area contributed by atoms with E-state index in [1.807, 2.05) is 6.08 Å². The smallest absolute Gasteiger partial charge is 0.0725 e. The Hall–Kier alpha value is -9.04. The fourth-order valence-corrected chi connectivity index (χ4v) is 12.8. The first-order valence-corrected chi connectivity index (χ1v) is 25.5. The minimum Gasteiger partial charge on any atom is -0.310 e. The SMILES string of the molecule is C=Cc1ccc(-c2ccc3c(c2)C2(c4ccccc4-3)c3ccccc3-c3ccc(-c4ccccc4-c4cccc(N(c5ccc(-c6ccccc6)cc5)c5ccc6c(c5)C(C)(C)c5ccccc5-6)c4)cc32)cc1. The Kier molecular flexibility index (Phi) is 9.69. The van der Waals surface area contributed by atoms with Crippen molar-refractivity contribution in [3.63, 3.8) is 0 Å². The van der Waals surface area contributed by atoms with Gasteiger partial charge in [0.1, 0.15) is 0 Å². The van der Waals surface area contributed by atoms with Gasteiger partial charge in [0.25, 0.3) is 0 Å². The topological polar surface area (TPSA) is 3.24 Å². The van der Waals surface area contributed by atoms with Crippen LogP contribution < -0.4 is 4.90 Å². The molecule has 0 radical (unpaired) electrons. The standard InChI is InChI=1S/C72H51N/c1-4-47-29-31-50(32-30-47)51-35-40-63-60-24-11-14-27-66(60)72(69(63)44-51)67-28-15-12-25-61(67)64-41-36-53(45-70(64)72)58-22-9-8-21-57(58)52-19-16-20-55(43-52)73(54-37-33-49(34-38-54)48-17-6-5-7-18-48)56-39-42-62-59-23-10-13-26-65(59)71(2,3)68(62)46-56/h4-46H,1H2,2-3H3. The number of hydrogen-bond donors (Lipinski definition) is 0. The molecule has 3 aliphatic carbocycles. The van der Waals surface area contributed by atoms with Crippen LogP contribution in [0.1, 0.15) is 52.8 Å². The summed E-state index contributed by atoms with van der Waals surface area (Å²) in [4.78, 5) is 2.44. The summed E-state index contributed by atoms with van der Waals surface area (Å²) in [5.74, 6) is 0. The maximum absolute atomic E-state index is 4.01. The largest absolute Gasteiger partial charge is 0.310 e. The van der Waals surface area contributed by atoms with Crippen molar-refractivity contribution < 1.29 is 0 Å². The monoisotopic (exact) mass is 929 g/mol. The summed E-state index contributed by atoms with van der Waals surface area (Å²) in [6, 6.07) is 95.1. The van der Waals surface area contributed by atoms with Gasteiger partial charge in [-0.3, -0.25) is 0 Å². The van der Waals surface area contributed by atoms with Gasteiger partial charge in [0.2, 0.25) is 0 Å². The van der Waals surface area contributed by atoms with E-state index in [-0.39, 0.29) is 5.41 Å². The van der Waals surface area contributed by atoms with Gasteiger partial charge in [0, 0.05) is 22.5 Å². The zero-order chi connectivity index (χ0) is 48.8. The average Bonchev–Trinajstić information content (AvgIpc) is 4.01. The predicted octanol–water partition coefficient (Wildman–Crippen LogP) is 19.1. The summed E-state index contributed by atoms with van der Waals surface area (Å²) >= 11 is 0. The molecule has 0 heterocycles. The van der Waals surface area contributed by atoms with E-state index in [2.05, 4.69) is 280 Å². The maximum Gasteiger partial charge on any atom is 0.0725 e. The zero-order valence-corrected chi connectivity index (χ0v) is 41.0. The van der Waals surface area contributed by atoms with Crippen molar-refractivity contribution in [3.05, 3.63) is 300 Å². The van der Waals surface area contributed by atoms with Crippen molar-refractivity contribution in [2.75, 3.05) is 4.90 Å². The van der Waals surface area contributed by atoms with E-state index in [4.69, 9.17) is 0 Å². The van der Waals surface area contributed by atoms with Gasteiger partial charge in [-0.05, 0) is 165 Å². The minimum atomic E-state index is -0.498. The van der Waals surface area contributed by atoms with E-state index in [0.29, 0.717) is 0 Å². The van der Waals surface area contributed by atoms with Gasteiger partial charge in [0.15, 0.2) is 0 Å². The van der Waals surface area contributed by atoms with Crippen LogP contribution in [0.25, 0.3) is 84.0 Å². The Balaban J connectivity index is 0.916. The first-order valence-electron chi connectivity index (χ1n) is 25.5. The third-order valence-corrected chi connectivity index (χ3v) is 16.3. The van der Waals surface area contributed by atoms with E-state index in [1.54, 1.807) is 0 Å². The third-order valence-electron chi connectivity index (χ3n) is 16.3. The molecule has 3 aliphatic rings. The summed E-state index contributed by atoms with van der Waals surface area (Å²) in [5.41, 5.74) is 29.3. The highest BCUT2D eigenvalue weighted by Crippen LogP contribution is 2.64. The Morgan fingerprint density at radius 1 is 0.288 bits per heavy atom. The second-order valence-electron chi connectivity index (χ2n) is 20.4. The van der Waals surface area contributed by atoms with Crippen LogP contribution in [-0.4, -0.2) is 0 Å². The summed E-state index contributed by atoms with van der Waals surface area (Å²) in [6.45, 7) is 8.73. The van der Waals surface area contributed by atoms with E-state index in [9.17, 15) is 0 Å². The number of hydrogen-bond acceptors (Lipinski definition) is 1. The Morgan fingerprint density at radius 3 is 1.34 bits per heavy atom. The predicted molar refractivity (Wildman–Crippen MR) is 307 cm³/mol. The fourth-order valence-electron chi connectivity index (χ4n) is 12.8. The molecule has 0 N–H and O–H groups in total. The molecule has 0 fully saturated rings. The van der Waals surface area contributed by atoms with Gasteiger partial charge in [-0.25, -0.2) is 0 Å². The molecular weight excluding hydrogens is 879 g/mol. The minimum absolute atomic E-state index is 0.135. The van der Waals surface area contributed by atoms with Gasteiger partial charge in [-0.1, -0.05) is 233 Å². The number of benzene rings is 11. The highest BCUT2D eigenvalue weighted by molar-refractivity contribution is 5.98. The van der Waals surface area contributed by atoms with E-state index >= 15 is 0 Å². The van der Waals surface area contributed by atoms with E-state index in [0.717, 1.165) is 28.2 Å². The summed E-state index contributed by atoms with van der Waals surface area (Å²) in [6.07, 6.45) is 1.91. The van der Waals surface area contributed by atoms with Crippen molar-refractivity contribution in [2.24, 2.45) is 0 Å². The normalized spacial score (nSPS) is 14.9. The molecule has 0 aromatic heterocycles. The van der Waals surface area contributed by atoms with E-state index in [1.165, 1.54) is 106 Å². The van der Waals surface area contributed by atoms with E-state index < -0.39 is 5.41 Å². The first kappa shape index (κ1) is 42.8. The van der Waals surface area contributed by atoms with Crippen molar-refractivity contribution in [1.29, 1.82) is 0 Å². The quantitative estimate of drug-likeness (QED) is 0.147. The van der Waals surface area contributed by atoms with Gasteiger partial charge in [-0.2, -0.15) is 0 Å². The fraction of sp³-hybridized carbons (Fsp3) is 0.0556. The first-order chi connectivity index (χ1) is 35.9. The van der Waals surface area contributed by atoms with Crippen LogP contribution in [0.15, 0.2) is 261 Å². The molecule has 1 nitrogen and oxygen atoms in total. The van der Waals surface area contributed by atoms with Gasteiger partial charge in [-0.15, -0.1) is 0 Å². The Bertz CT molecular complexity index is 3990. The molecule has 0 saturated carbocycles. The highest BCUT2D eigenvalue weighted by Gasteiger charge is 2.52. The molecule has 11 aromatic rings. The molecular formula is C72H51N. The Labute approximate surface area is 428 Å². The molecule has 14 rings (SSSR count). The lowest BCUT2D eigenvalue weighted by Crippen LogP contribution is -2.26. The second-order valence-corrected chi connectivity index (χ2v) is 20.4. The second kappa shape index (κ2) is 16.5. The molecule has 1 unspecified atom stereocenters. The summed E-state index contributed by atoms with van der Waals surface area (Å²) < 4.78 is 0. The molecule has 0 saturated heterocycles. The summed E-state index contributed by atoms with van der Waals surface area (Å²) in [5, 5.41) is 0. The van der Waals surface area contributed by atoms with Crippen molar-refractivity contribution in [2.45, 2.75) is 24.7 Å². The third kappa shape index (κ3) is 6.48.